The normalized spacial score (nSPS) is 24.6. The van der Waals surface area contributed by atoms with Crippen molar-refractivity contribution in [2.75, 3.05) is 19.0 Å². The number of thiophene rings is 1. The fourth-order valence-electron chi connectivity index (χ4n) is 2.82. The van der Waals surface area contributed by atoms with Gasteiger partial charge in [0.2, 0.25) is 5.91 Å². The maximum atomic E-state index is 12.7. The van der Waals surface area contributed by atoms with Gasteiger partial charge in [-0.3, -0.25) is 29.4 Å². The topological polar surface area (TPSA) is 86.8 Å². The Labute approximate surface area is 130 Å². The van der Waals surface area contributed by atoms with Gasteiger partial charge in [-0.05, 0) is 13.3 Å². The van der Waals surface area contributed by atoms with Gasteiger partial charge < -0.3 is 4.90 Å². The molecule has 0 aliphatic carbocycles. The number of rotatable bonds is 2. The number of piperidine rings is 1. The second-order valence-electron chi connectivity index (χ2n) is 5.82. The average Bonchev–Trinajstić information content (AvgIpc) is 2.97. The minimum absolute atomic E-state index is 0.104. The van der Waals surface area contributed by atoms with Gasteiger partial charge in [0.1, 0.15) is 10.5 Å². The van der Waals surface area contributed by atoms with Gasteiger partial charge in [0.05, 0.1) is 11.1 Å². The smallest absolute Gasteiger partial charge is 0.265 e. The number of nitrogens with zero attached hydrogens (tertiary/aromatic N) is 2. The largest absolute Gasteiger partial charge is 0.369 e. The summed E-state index contributed by atoms with van der Waals surface area (Å²) in [6, 6.07) is 0. The molecule has 1 aromatic rings. The number of anilines is 1. The van der Waals surface area contributed by atoms with Crippen LogP contribution < -0.4 is 10.2 Å². The van der Waals surface area contributed by atoms with Crippen LogP contribution in [0.4, 0.5) is 5.00 Å². The number of imide groups is 2. The molecule has 4 amide bonds. The SMILES string of the molecule is CN(C)c1scc2c1C(=O)N(C1(C)CCC(=O)NC1=O)C2=O. The summed E-state index contributed by atoms with van der Waals surface area (Å²) in [6.45, 7) is 1.52. The molecule has 1 saturated heterocycles. The lowest BCUT2D eigenvalue weighted by Crippen LogP contribution is -2.62. The zero-order valence-electron chi connectivity index (χ0n) is 12.4. The zero-order valence-corrected chi connectivity index (χ0v) is 13.2. The molecule has 0 aromatic carbocycles. The fraction of sp³-hybridized carbons (Fsp3) is 0.429. The Hall–Kier alpha value is -2.22. The molecule has 0 spiro atoms. The van der Waals surface area contributed by atoms with Crippen molar-refractivity contribution in [1.82, 2.24) is 10.2 Å². The molecule has 1 atom stereocenters. The number of carbonyl (C=O) groups is 4. The number of hydrogen-bond donors (Lipinski definition) is 1. The fourth-order valence-corrected chi connectivity index (χ4v) is 3.80. The van der Waals surface area contributed by atoms with E-state index in [1.54, 1.807) is 24.4 Å². The van der Waals surface area contributed by atoms with E-state index in [9.17, 15) is 19.2 Å². The van der Waals surface area contributed by atoms with Crippen LogP contribution in [0.3, 0.4) is 0 Å². The standard InChI is InChI=1S/C14H15N3O4S/c1-14(5-4-8(18)15-13(14)21)17-10(19)7-6-22-12(16(2)3)9(7)11(17)20/h6H,4-5H2,1-3H3,(H,15,18,21). The second-order valence-corrected chi connectivity index (χ2v) is 6.68. The summed E-state index contributed by atoms with van der Waals surface area (Å²) in [7, 11) is 3.58. The van der Waals surface area contributed by atoms with Crippen LogP contribution in [0.2, 0.25) is 0 Å². The quantitative estimate of drug-likeness (QED) is 0.806. The lowest BCUT2D eigenvalue weighted by atomic mass is 9.89. The first-order valence-electron chi connectivity index (χ1n) is 6.79. The molecular formula is C14H15N3O4S. The minimum Gasteiger partial charge on any atom is -0.369 e. The van der Waals surface area contributed by atoms with Gasteiger partial charge in [-0.2, -0.15) is 0 Å². The van der Waals surface area contributed by atoms with Gasteiger partial charge in [-0.15, -0.1) is 11.3 Å². The van der Waals surface area contributed by atoms with Gasteiger partial charge in [0, 0.05) is 25.9 Å². The number of amides is 4. The Kier molecular flexibility index (Phi) is 3.10. The van der Waals surface area contributed by atoms with Gasteiger partial charge in [-0.1, -0.05) is 0 Å². The van der Waals surface area contributed by atoms with Crippen molar-refractivity contribution in [1.29, 1.82) is 0 Å². The van der Waals surface area contributed by atoms with E-state index < -0.39 is 23.3 Å². The first kappa shape index (κ1) is 14.7. The van der Waals surface area contributed by atoms with E-state index in [-0.39, 0.29) is 18.7 Å². The molecule has 0 radical (unpaired) electrons. The molecule has 3 rings (SSSR count). The van der Waals surface area contributed by atoms with Crippen molar-refractivity contribution in [3.05, 3.63) is 16.5 Å². The first-order chi connectivity index (χ1) is 10.3. The molecule has 1 unspecified atom stereocenters. The summed E-state index contributed by atoms with van der Waals surface area (Å²) in [5, 5.41) is 4.54. The highest BCUT2D eigenvalue weighted by atomic mass is 32.1. The molecule has 116 valence electrons. The molecule has 0 saturated carbocycles. The number of fused-ring (bicyclic) bond motifs is 1. The number of carbonyl (C=O) groups excluding carboxylic acids is 4. The van der Waals surface area contributed by atoms with Crippen molar-refractivity contribution in [2.45, 2.75) is 25.3 Å². The molecule has 1 fully saturated rings. The van der Waals surface area contributed by atoms with Crippen molar-refractivity contribution >= 4 is 40.0 Å². The van der Waals surface area contributed by atoms with Crippen LogP contribution >= 0.6 is 11.3 Å². The maximum absolute atomic E-state index is 12.7. The molecule has 1 N–H and O–H groups in total. The summed E-state index contributed by atoms with van der Waals surface area (Å²) in [6.07, 6.45) is 0.243. The molecule has 2 aliphatic rings. The summed E-state index contributed by atoms with van der Waals surface area (Å²) < 4.78 is 0. The van der Waals surface area contributed by atoms with E-state index in [1.165, 1.54) is 18.3 Å². The third kappa shape index (κ3) is 1.80. The molecular weight excluding hydrogens is 306 g/mol. The molecule has 2 aliphatic heterocycles. The maximum Gasteiger partial charge on any atom is 0.265 e. The monoisotopic (exact) mass is 321 g/mol. The molecule has 0 bridgehead atoms. The average molecular weight is 321 g/mol. The van der Waals surface area contributed by atoms with Gasteiger partial charge in [0.25, 0.3) is 17.7 Å². The van der Waals surface area contributed by atoms with Crippen LogP contribution in [0.25, 0.3) is 0 Å². The van der Waals surface area contributed by atoms with Crippen LogP contribution in [-0.2, 0) is 9.59 Å². The third-order valence-corrected chi connectivity index (χ3v) is 5.25. The first-order valence-corrected chi connectivity index (χ1v) is 7.67. The summed E-state index contributed by atoms with van der Waals surface area (Å²) in [5.74, 6) is -1.94. The van der Waals surface area contributed by atoms with Gasteiger partial charge >= 0.3 is 0 Å². The van der Waals surface area contributed by atoms with E-state index in [2.05, 4.69) is 5.32 Å². The van der Waals surface area contributed by atoms with Crippen molar-refractivity contribution < 1.29 is 19.2 Å². The lowest BCUT2D eigenvalue weighted by Gasteiger charge is -2.38. The minimum atomic E-state index is -1.33. The van der Waals surface area contributed by atoms with Crippen LogP contribution in [0, 0.1) is 0 Å². The third-order valence-electron chi connectivity index (χ3n) is 4.10. The highest BCUT2D eigenvalue weighted by Crippen LogP contribution is 2.41. The second kappa shape index (κ2) is 4.64. The van der Waals surface area contributed by atoms with Crippen LogP contribution in [0.5, 0.6) is 0 Å². The van der Waals surface area contributed by atoms with Crippen molar-refractivity contribution in [3.8, 4) is 0 Å². The van der Waals surface area contributed by atoms with Crippen molar-refractivity contribution in [2.24, 2.45) is 0 Å². The highest BCUT2D eigenvalue weighted by molar-refractivity contribution is 7.15. The Morgan fingerprint density at radius 2 is 1.91 bits per heavy atom. The van der Waals surface area contributed by atoms with Crippen LogP contribution in [0.15, 0.2) is 5.38 Å². The summed E-state index contributed by atoms with van der Waals surface area (Å²) in [4.78, 5) is 51.7. The Balaban J connectivity index is 2.04. The van der Waals surface area contributed by atoms with E-state index in [4.69, 9.17) is 0 Å². The lowest BCUT2D eigenvalue weighted by molar-refractivity contribution is -0.140. The number of nitrogens with one attached hydrogen (secondary N) is 1. The van der Waals surface area contributed by atoms with E-state index in [0.29, 0.717) is 16.1 Å². The molecule has 7 nitrogen and oxygen atoms in total. The highest BCUT2D eigenvalue weighted by Gasteiger charge is 2.53. The molecule has 8 heteroatoms. The zero-order chi connectivity index (χ0) is 16.2. The van der Waals surface area contributed by atoms with Crippen LogP contribution in [0.1, 0.15) is 40.5 Å². The van der Waals surface area contributed by atoms with E-state index >= 15 is 0 Å². The van der Waals surface area contributed by atoms with Crippen molar-refractivity contribution in [3.63, 3.8) is 0 Å². The van der Waals surface area contributed by atoms with Gasteiger partial charge in [0.15, 0.2) is 0 Å². The van der Waals surface area contributed by atoms with Crippen LogP contribution in [-0.4, -0.2) is 48.2 Å². The Morgan fingerprint density at radius 1 is 1.23 bits per heavy atom. The van der Waals surface area contributed by atoms with Gasteiger partial charge in [-0.25, -0.2) is 0 Å². The van der Waals surface area contributed by atoms with E-state index in [0.717, 1.165) is 4.90 Å². The predicted octanol–water partition coefficient (Wildman–Crippen LogP) is 0.605. The summed E-state index contributed by atoms with van der Waals surface area (Å²) >= 11 is 1.32. The summed E-state index contributed by atoms with van der Waals surface area (Å²) in [5.41, 5.74) is -0.668. The molecule has 3 heterocycles. The predicted molar refractivity (Wildman–Crippen MR) is 79.9 cm³/mol. The number of hydrogen-bond acceptors (Lipinski definition) is 6. The Bertz CT molecular complexity index is 724. The Morgan fingerprint density at radius 3 is 2.50 bits per heavy atom. The molecule has 22 heavy (non-hydrogen) atoms. The molecule has 1 aromatic heterocycles. The van der Waals surface area contributed by atoms with E-state index in [1.807, 2.05) is 0 Å².